The number of halogens is 5. The first-order chi connectivity index (χ1) is 18.7. The van der Waals surface area contributed by atoms with Crippen LogP contribution in [-0.2, 0) is 17.8 Å². The van der Waals surface area contributed by atoms with Crippen LogP contribution in [0.1, 0.15) is 36.0 Å². The van der Waals surface area contributed by atoms with Crippen LogP contribution in [0.2, 0.25) is 5.02 Å². The molecule has 12 heteroatoms. The summed E-state index contributed by atoms with van der Waals surface area (Å²) < 4.78 is 70.4. The van der Waals surface area contributed by atoms with E-state index < -0.39 is 30.0 Å². The maximum Gasteiger partial charge on any atom is 0.267 e. The van der Waals surface area contributed by atoms with Crippen LogP contribution in [0, 0.1) is 17.6 Å². The predicted octanol–water partition coefficient (Wildman–Crippen LogP) is 5.19. The Hall–Kier alpha value is -2.89. The summed E-state index contributed by atoms with van der Waals surface area (Å²) in [6.07, 6.45) is 1.31. The second-order valence-electron chi connectivity index (χ2n) is 10.4. The Kier molecular flexibility index (Phi) is 6.93. The lowest BCUT2D eigenvalue weighted by Gasteiger charge is -2.36. The lowest BCUT2D eigenvalue weighted by atomic mass is 9.95. The van der Waals surface area contributed by atoms with E-state index in [0.717, 1.165) is 23.1 Å². The minimum atomic E-state index is -2.89. The first-order valence-corrected chi connectivity index (χ1v) is 13.3. The molecule has 0 bridgehead atoms. The lowest BCUT2D eigenvalue weighted by Crippen LogP contribution is -2.49. The van der Waals surface area contributed by atoms with Crippen LogP contribution in [0.3, 0.4) is 0 Å². The average molecular weight is 566 g/mol. The van der Waals surface area contributed by atoms with Crippen LogP contribution >= 0.6 is 11.6 Å². The van der Waals surface area contributed by atoms with Gasteiger partial charge in [0.2, 0.25) is 0 Å². The summed E-state index contributed by atoms with van der Waals surface area (Å²) in [5.41, 5.74) is 1.94. The number of anilines is 1. The molecule has 2 aromatic carbocycles. The summed E-state index contributed by atoms with van der Waals surface area (Å²) in [4.78, 5) is 3.56. The number of hydrogen-bond donors (Lipinski definition) is 0. The number of rotatable bonds is 6. The normalized spacial score (nSPS) is 18.9. The number of piperidine rings is 1. The van der Waals surface area contributed by atoms with E-state index in [1.54, 1.807) is 17.0 Å². The molecule has 0 aliphatic carbocycles. The van der Waals surface area contributed by atoms with Gasteiger partial charge in [0.1, 0.15) is 11.6 Å². The summed E-state index contributed by atoms with van der Waals surface area (Å²) >= 11 is 6.31. The fraction of sp³-hybridized carbons (Fsp3) is 0.481. The topological polar surface area (TPSA) is 55.7 Å². The molecule has 3 aromatic rings. The molecule has 0 atom stereocenters. The van der Waals surface area contributed by atoms with Crippen molar-refractivity contribution in [1.82, 2.24) is 19.7 Å². The highest BCUT2D eigenvalue weighted by molar-refractivity contribution is 6.30. The van der Waals surface area contributed by atoms with Gasteiger partial charge in [0.25, 0.3) is 5.92 Å². The van der Waals surface area contributed by atoms with E-state index >= 15 is 0 Å². The van der Waals surface area contributed by atoms with Gasteiger partial charge < -0.3 is 14.4 Å². The number of benzene rings is 2. The van der Waals surface area contributed by atoms with E-state index in [4.69, 9.17) is 21.1 Å². The van der Waals surface area contributed by atoms with Crippen molar-refractivity contribution in [2.24, 2.45) is 5.92 Å². The summed E-state index contributed by atoms with van der Waals surface area (Å²) in [6, 6.07) is 7.69. The molecule has 1 aromatic heterocycles. The largest absolute Gasteiger partial charge is 0.494 e. The molecule has 0 radical (unpaired) electrons. The summed E-state index contributed by atoms with van der Waals surface area (Å²) in [7, 11) is 1.35. The molecule has 2 fully saturated rings. The molecule has 0 unspecified atom stereocenters. The molecule has 2 saturated heterocycles. The van der Waals surface area contributed by atoms with Gasteiger partial charge in [-0.1, -0.05) is 11.6 Å². The van der Waals surface area contributed by atoms with Crippen molar-refractivity contribution >= 4 is 17.3 Å². The van der Waals surface area contributed by atoms with E-state index in [-0.39, 0.29) is 31.4 Å². The van der Waals surface area contributed by atoms with E-state index in [9.17, 15) is 17.6 Å². The number of alkyl halides is 2. The Morgan fingerprint density at radius 1 is 1.03 bits per heavy atom. The Balaban J connectivity index is 1.26. The van der Waals surface area contributed by atoms with Crippen molar-refractivity contribution in [3.63, 3.8) is 0 Å². The molecule has 0 amide bonds. The van der Waals surface area contributed by atoms with Crippen LogP contribution in [0.15, 0.2) is 30.3 Å². The van der Waals surface area contributed by atoms with E-state index in [1.807, 2.05) is 15.5 Å². The van der Waals surface area contributed by atoms with Crippen molar-refractivity contribution < 1.29 is 27.0 Å². The fourth-order valence-corrected chi connectivity index (χ4v) is 5.86. The summed E-state index contributed by atoms with van der Waals surface area (Å²) in [5.74, 6) is -3.73. The lowest BCUT2D eigenvalue weighted by molar-refractivity contribution is -0.179. The van der Waals surface area contributed by atoms with Crippen molar-refractivity contribution in [2.75, 3.05) is 44.9 Å². The molecule has 6 rings (SSSR count). The van der Waals surface area contributed by atoms with Gasteiger partial charge in [-0.3, -0.25) is 9.47 Å². The molecule has 39 heavy (non-hydrogen) atoms. The highest BCUT2D eigenvalue weighted by Gasteiger charge is 2.46. The molecule has 208 valence electrons. The monoisotopic (exact) mass is 565 g/mol. The predicted molar refractivity (Wildman–Crippen MR) is 137 cm³/mol. The van der Waals surface area contributed by atoms with Gasteiger partial charge in [-0.25, -0.2) is 17.6 Å². The number of ether oxygens (including phenoxy) is 2. The molecule has 0 N–H and O–H groups in total. The highest BCUT2D eigenvalue weighted by Crippen LogP contribution is 2.38. The molecular formula is C27H28ClF4N5O2. The van der Waals surface area contributed by atoms with Crippen molar-refractivity contribution in [3.8, 4) is 11.4 Å². The number of fused-ring (bicyclic) bond motifs is 3. The van der Waals surface area contributed by atoms with Crippen LogP contribution in [0.5, 0.6) is 5.75 Å². The zero-order valence-electron chi connectivity index (χ0n) is 21.3. The zero-order valence-corrected chi connectivity index (χ0v) is 22.1. The summed E-state index contributed by atoms with van der Waals surface area (Å²) in [5, 5.41) is 9.47. The Morgan fingerprint density at radius 2 is 1.79 bits per heavy atom. The number of hydrogen-bond acceptors (Lipinski definition) is 6. The quantitative estimate of drug-likeness (QED) is 0.384. The second-order valence-corrected chi connectivity index (χ2v) is 10.9. The maximum atomic E-state index is 14.9. The molecule has 4 heterocycles. The van der Waals surface area contributed by atoms with Gasteiger partial charge in [-0.05, 0) is 36.6 Å². The van der Waals surface area contributed by atoms with Crippen LogP contribution < -0.4 is 9.64 Å². The summed E-state index contributed by atoms with van der Waals surface area (Å²) in [6.45, 7) is 1.27. The van der Waals surface area contributed by atoms with Gasteiger partial charge in [0.05, 0.1) is 50.7 Å². The van der Waals surface area contributed by atoms with Crippen LogP contribution in [-0.4, -0.2) is 65.5 Å². The average Bonchev–Trinajstić information content (AvgIpc) is 3.19. The van der Waals surface area contributed by atoms with E-state index in [2.05, 4.69) is 10.2 Å². The van der Waals surface area contributed by atoms with Crippen molar-refractivity contribution in [1.29, 1.82) is 0 Å². The molecular weight excluding hydrogens is 538 g/mol. The third kappa shape index (κ3) is 4.96. The highest BCUT2D eigenvalue weighted by atomic mass is 35.5. The number of nitrogens with zero attached hydrogens (tertiary/aromatic N) is 5. The minimum Gasteiger partial charge on any atom is -0.494 e. The smallest absolute Gasteiger partial charge is 0.267 e. The van der Waals surface area contributed by atoms with Gasteiger partial charge in [-0.15, -0.1) is 10.2 Å². The number of methoxy groups -OCH3 is 1. The SMILES string of the molecule is COc1cc(N2CCC(c3nnc4n3-c3ccc(Cl)cc3CN(CC(F)(F)C3COC3)C4)CC2)c(F)cc1F. The third-order valence-corrected chi connectivity index (χ3v) is 8.12. The first kappa shape index (κ1) is 26.3. The molecule has 3 aliphatic rings. The Morgan fingerprint density at radius 3 is 2.49 bits per heavy atom. The Bertz CT molecular complexity index is 1370. The van der Waals surface area contributed by atoms with Crippen molar-refractivity contribution in [2.45, 2.75) is 37.8 Å². The van der Waals surface area contributed by atoms with E-state index in [1.165, 1.54) is 13.2 Å². The first-order valence-electron chi connectivity index (χ1n) is 12.9. The van der Waals surface area contributed by atoms with Crippen LogP contribution in [0.25, 0.3) is 5.69 Å². The van der Waals surface area contributed by atoms with Crippen molar-refractivity contribution in [3.05, 3.63) is 64.2 Å². The van der Waals surface area contributed by atoms with Gasteiger partial charge in [0.15, 0.2) is 17.4 Å². The molecule has 3 aliphatic heterocycles. The Labute approximate surface area is 228 Å². The second kappa shape index (κ2) is 10.3. The molecule has 7 nitrogen and oxygen atoms in total. The van der Waals surface area contributed by atoms with E-state index in [0.29, 0.717) is 49.0 Å². The van der Waals surface area contributed by atoms with Gasteiger partial charge in [-0.2, -0.15) is 0 Å². The molecule has 0 spiro atoms. The standard InChI is InChI=1S/C27H28ClF4N5O2/c1-38-24-10-23(20(29)9-21(24)30)36-6-4-16(5-7-36)26-34-33-25-12-35(15-27(31,32)18-13-39-14-18)11-17-8-19(28)2-3-22(17)37(25)26/h2-3,8-10,16,18H,4-7,11-15H2,1H3. The zero-order chi connectivity index (χ0) is 27.3. The van der Waals surface area contributed by atoms with Crippen LogP contribution in [0.4, 0.5) is 23.2 Å². The van der Waals surface area contributed by atoms with Gasteiger partial charge >= 0.3 is 0 Å². The molecule has 0 saturated carbocycles. The maximum absolute atomic E-state index is 14.9. The van der Waals surface area contributed by atoms with Gasteiger partial charge in [0, 0.05) is 42.7 Å². The third-order valence-electron chi connectivity index (χ3n) is 7.89. The minimum absolute atomic E-state index is 0.00784. The fourth-order valence-electron chi connectivity index (χ4n) is 5.67. The number of aromatic nitrogens is 3.